The summed E-state index contributed by atoms with van der Waals surface area (Å²) < 4.78 is 20.0. The largest absolute Gasteiger partial charge is 0.423 e. The van der Waals surface area contributed by atoms with Gasteiger partial charge in [0, 0.05) is 50.4 Å². The topological polar surface area (TPSA) is 82.9 Å². The van der Waals surface area contributed by atoms with Crippen LogP contribution in [0.4, 0.5) is 20.6 Å². The number of halogens is 1. The van der Waals surface area contributed by atoms with Crippen molar-refractivity contribution in [2.75, 3.05) is 56.6 Å². The first-order valence-corrected chi connectivity index (χ1v) is 13.4. The fourth-order valence-corrected chi connectivity index (χ4v) is 5.79. The number of amides is 1. The molecule has 6 rings (SSSR count). The molecule has 39 heavy (non-hydrogen) atoms. The maximum Gasteiger partial charge on any atom is 0.342 e. The minimum atomic E-state index is -0.866. The normalized spacial score (nSPS) is 20.7. The van der Waals surface area contributed by atoms with E-state index in [4.69, 9.17) is 4.74 Å². The molecule has 4 heterocycles. The van der Waals surface area contributed by atoms with Gasteiger partial charge in [0.2, 0.25) is 0 Å². The van der Waals surface area contributed by atoms with E-state index in [0.717, 1.165) is 48.7 Å². The van der Waals surface area contributed by atoms with Gasteiger partial charge in [-0.05, 0) is 74.4 Å². The summed E-state index contributed by atoms with van der Waals surface area (Å²) in [5.41, 5.74) is 4.06. The lowest BCUT2D eigenvalue weighted by Crippen LogP contribution is -2.60. The van der Waals surface area contributed by atoms with Gasteiger partial charge in [0.1, 0.15) is 11.9 Å². The van der Waals surface area contributed by atoms with Crippen molar-refractivity contribution >= 4 is 23.4 Å². The summed E-state index contributed by atoms with van der Waals surface area (Å²) in [4.78, 5) is 32.6. The molecule has 204 valence electrons. The van der Waals surface area contributed by atoms with Crippen molar-refractivity contribution in [2.45, 2.75) is 25.3 Å². The number of likely N-dealkylation sites (N-methyl/N-ethyl adjacent to an activating group) is 1. The Bertz CT molecular complexity index is 1370. The number of piperidine rings is 1. The zero-order chi connectivity index (χ0) is 27.1. The fourth-order valence-electron chi connectivity index (χ4n) is 5.79. The first-order valence-electron chi connectivity index (χ1n) is 13.4. The number of carbonyl (C=O) groups is 2. The first-order chi connectivity index (χ1) is 18.8. The van der Waals surface area contributed by atoms with Crippen LogP contribution in [0.2, 0.25) is 0 Å². The molecule has 3 aromatic rings. The molecule has 3 aliphatic heterocycles. The van der Waals surface area contributed by atoms with Gasteiger partial charge in [-0.1, -0.05) is 12.1 Å². The maximum atomic E-state index is 13.2. The number of nitrogens with one attached hydrogen (secondary N) is 1. The summed E-state index contributed by atoms with van der Waals surface area (Å²) in [6.45, 7) is 4.67. The standard InChI is InChI=1S/C29H33FN6O3/c1-33-11-9-29(10-12-33)18-35(19-29)23-7-8-26-25(14-23)34(2)17-24(27(37)39-26)32-28(38)36-16-21(15-31-36)13-20-3-5-22(30)6-4-20/h3-8,14-16,24H,9-13,17-19H2,1-2H3,(H,32,38)/t24-/m1/s1. The Morgan fingerprint density at radius 1 is 1.10 bits per heavy atom. The molecule has 10 heteroatoms. The molecule has 0 unspecified atom stereocenters. The second-order valence-corrected chi connectivity index (χ2v) is 11.2. The minimum Gasteiger partial charge on any atom is -0.423 e. The number of ether oxygens (including phenoxy) is 1. The van der Waals surface area contributed by atoms with Crippen molar-refractivity contribution < 1.29 is 18.7 Å². The second kappa shape index (κ2) is 10.00. The van der Waals surface area contributed by atoms with Crippen LogP contribution < -0.4 is 19.9 Å². The Morgan fingerprint density at radius 3 is 2.59 bits per heavy atom. The third-order valence-corrected chi connectivity index (χ3v) is 8.23. The van der Waals surface area contributed by atoms with E-state index in [-0.39, 0.29) is 12.4 Å². The number of likely N-dealkylation sites (tertiary alicyclic amines) is 1. The zero-order valence-electron chi connectivity index (χ0n) is 22.3. The lowest BCUT2D eigenvalue weighted by Gasteiger charge is -2.54. The van der Waals surface area contributed by atoms with Crippen molar-refractivity contribution in [3.63, 3.8) is 0 Å². The number of fused-ring (bicyclic) bond motifs is 1. The molecule has 0 radical (unpaired) electrons. The van der Waals surface area contributed by atoms with E-state index in [2.05, 4.69) is 33.3 Å². The number of hydrogen-bond acceptors (Lipinski definition) is 7. The van der Waals surface area contributed by atoms with Crippen LogP contribution in [0.15, 0.2) is 54.9 Å². The highest BCUT2D eigenvalue weighted by atomic mass is 19.1. The van der Waals surface area contributed by atoms with Crippen LogP contribution in [-0.4, -0.2) is 79.5 Å². The van der Waals surface area contributed by atoms with Gasteiger partial charge < -0.3 is 24.8 Å². The molecule has 1 amide bonds. The average Bonchev–Trinajstić information content (AvgIpc) is 3.33. The van der Waals surface area contributed by atoms with Crippen LogP contribution in [0.1, 0.15) is 24.0 Å². The molecule has 3 aliphatic rings. The molecular weight excluding hydrogens is 499 g/mol. The van der Waals surface area contributed by atoms with E-state index in [0.29, 0.717) is 17.6 Å². The van der Waals surface area contributed by atoms with Gasteiger partial charge in [-0.25, -0.2) is 14.0 Å². The van der Waals surface area contributed by atoms with Gasteiger partial charge in [-0.3, -0.25) is 0 Å². The van der Waals surface area contributed by atoms with E-state index in [9.17, 15) is 14.0 Å². The van der Waals surface area contributed by atoms with E-state index in [1.165, 1.54) is 29.7 Å². The van der Waals surface area contributed by atoms with E-state index < -0.39 is 18.0 Å². The predicted molar refractivity (Wildman–Crippen MR) is 146 cm³/mol. The monoisotopic (exact) mass is 532 g/mol. The van der Waals surface area contributed by atoms with Gasteiger partial charge in [-0.2, -0.15) is 9.78 Å². The molecule has 1 spiro atoms. The number of hydrogen-bond donors (Lipinski definition) is 1. The Hall–Kier alpha value is -3.92. The Kier molecular flexibility index (Phi) is 6.50. The fraction of sp³-hybridized carbons (Fsp3) is 0.414. The van der Waals surface area contributed by atoms with Gasteiger partial charge in [-0.15, -0.1) is 0 Å². The molecular formula is C29H33FN6O3. The Labute approximate surface area is 227 Å². The molecule has 0 aliphatic carbocycles. The molecule has 2 fully saturated rings. The van der Waals surface area contributed by atoms with Crippen molar-refractivity contribution in [1.29, 1.82) is 0 Å². The molecule has 2 saturated heterocycles. The maximum absolute atomic E-state index is 13.2. The molecule has 9 nitrogen and oxygen atoms in total. The Morgan fingerprint density at radius 2 is 1.85 bits per heavy atom. The van der Waals surface area contributed by atoms with Crippen LogP contribution >= 0.6 is 0 Å². The first kappa shape index (κ1) is 25.4. The summed E-state index contributed by atoms with van der Waals surface area (Å²) >= 11 is 0. The number of nitrogens with zero attached hydrogens (tertiary/aromatic N) is 5. The molecule has 2 aromatic carbocycles. The van der Waals surface area contributed by atoms with Crippen LogP contribution in [0.5, 0.6) is 5.75 Å². The van der Waals surface area contributed by atoms with Gasteiger partial charge in [0.05, 0.1) is 11.9 Å². The SMILES string of the molecule is CN1CCC2(CC1)CN(c1ccc3c(c1)N(C)C[C@@H](NC(=O)n1cc(Cc4ccc(F)cc4)cn1)C(=O)O3)C2. The predicted octanol–water partition coefficient (Wildman–Crippen LogP) is 3.13. The quantitative estimate of drug-likeness (QED) is 0.408. The third kappa shape index (κ3) is 5.21. The van der Waals surface area contributed by atoms with Gasteiger partial charge in [0.15, 0.2) is 5.75 Å². The molecule has 1 N–H and O–H groups in total. The molecule has 1 aromatic heterocycles. The summed E-state index contributed by atoms with van der Waals surface area (Å²) in [7, 11) is 4.08. The summed E-state index contributed by atoms with van der Waals surface area (Å²) in [5.74, 6) is -0.332. The van der Waals surface area contributed by atoms with Crippen LogP contribution in [-0.2, 0) is 11.2 Å². The summed E-state index contributed by atoms with van der Waals surface area (Å²) in [6.07, 6.45) is 6.16. The second-order valence-electron chi connectivity index (χ2n) is 11.2. The number of benzene rings is 2. The van der Waals surface area contributed by atoms with Crippen LogP contribution in [0.25, 0.3) is 0 Å². The number of aromatic nitrogens is 2. The number of anilines is 2. The van der Waals surface area contributed by atoms with Crippen molar-refractivity contribution in [3.05, 3.63) is 71.8 Å². The molecule has 1 atom stereocenters. The number of carbonyl (C=O) groups excluding carboxylic acids is 2. The van der Waals surface area contributed by atoms with Crippen molar-refractivity contribution in [1.82, 2.24) is 20.0 Å². The highest BCUT2D eigenvalue weighted by Gasteiger charge is 2.44. The lowest BCUT2D eigenvalue weighted by atomic mass is 9.72. The van der Waals surface area contributed by atoms with E-state index >= 15 is 0 Å². The van der Waals surface area contributed by atoms with Crippen LogP contribution in [0, 0.1) is 11.2 Å². The minimum absolute atomic E-state index is 0.265. The Balaban J connectivity index is 1.09. The van der Waals surface area contributed by atoms with E-state index in [1.54, 1.807) is 24.5 Å². The molecule has 0 saturated carbocycles. The smallest absolute Gasteiger partial charge is 0.342 e. The summed E-state index contributed by atoms with van der Waals surface area (Å²) in [5, 5.41) is 6.90. The lowest BCUT2D eigenvalue weighted by molar-refractivity contribution is -0.135. The van der Waals surface area contributed by atoms with Crippen molar-refractivity contribution in [3.8, 4) is 5.75 Å². The van der Waals surface area contributed by atoms with E-state index in [1.807, 2.05) is 24.1 Å². The molecule has 0 bridgehead atoms. The zero-order valence-corrected chi connectivity index (χ0v) is 22.3. The third-order valence-electron chi connectivity index (χ3n) is 8.23. The average molecular weight is 533 g/mol. The van der Waals surface area contributed by atoms with Crippen molar-refractivity contribution in [2.24, 2.45) is 5.41 Å². The summed E-state index contributed by atoms with van der Waals surface area (Å²) in [6, 6.07) is 10.7. The van der Waals surface area contributed by atoms with Gasteiger partial charge in [0.25, 0.3) is 0 Å². The van der Waals surface area contributed by atoms with Crippen LogP contribution in [0.3, 0.4) is 0 Å². The van der Waals surface area contributed by atoms with Gasteiger partial charge >= 0.3 is 12.0 Å². The number of esters is 1. The highest BCUT2D eigenvalue weighted by Crippen LogP contribution is 2.44. The number of rotatable bonds is 4. The highest BCUT2D eigenvalue weighted by molar-refractivity contribution is 5.88.